The van der Waals surface area contributed by atoms with Crippen LogP contribution in [0.2, 0.25) is 0 Å². The topological polar surface area (TPSA) is 51.6 Å². The zero-order valence-electron chi connectivity index (χ0n) is 15.4. The van der Waals surface area contributed by atoms with Gasteiger partial charge < -0.3 is 14.6 Å². The van der Waals surface area contributed by atoms with Crippen molar-refractivity contribution in [2.75, 3.05) is 7.11 Å². The zero-order valence-corrected chi connectivity index (χ0v) is 17.0. The van der Waals surface area contributed by atoms with Crippen LogP contribution < -0.4 is 9.47 Å². The van der Waals surface area contributed by atoms with Crippen molar-refractivity contribution in [1.82, 2.24) is 4.98 Å². The highest BCUT2D eigenvalue weighted by Crippen LogP contribution is 2.67. The van der Waals surface area contributed by atoms with Crippen LogP contribution in [0, 0.1) is 0 Å². The van der Waals surface area contributed by atoms with Crippen LogP contribution in [0.5, 0.6) is 11.5 Å². The van der Waals surface area contributed by atoms with Gasteiger partial charge in [-0.25, -0.2) is 0 Å². The summed E-state index contributed by atoms with van der Waals surface area (Å²) in [6.07, 6.45) is 4.71. The number of nitrogens with zero attached hydrogens (tertiary/aromatic N) is 1. The van der Waals surface area contributed by atoms with Gasteiger partial charge in [-0.3, -0.25) is 4.98 Å². The maximum atomic E-state index is 12.2. The molecular formula is C23H20BrNO3. The van der Waals surface area contributed by atoms with Gasteiger partial charge in [0.15, 0.2) is 5.60 Å². The van der Waals surface area contributed by atoms with Gasteiger partial charge in [-0.15, -0.1) is 0 Å². The zero-order chi connectivity index (χ0) is 19.4. The van der Waals surface area contributed by atoms with Crippen LogP contribution in [0.15, 0.2) is 71.5 Å². The summed E-state index contributed by atoms with van der Waals surface area (Å²) < 4.78 is 13.2. The molecule has 1 aliphatic carbocycles. The maximum Gasteiger partial charge on any atom is 0.174 e. The Morgan fingerprint density at radius 2 is 1.86 bits per heavy atom. The van der Waals surface area contributed by atoms with Gasteiger partial charge in [-0.1, -0.05) is 58.4 Å². The van der Waals surface area contributed by atoms with Crippen LogP contribution in [0.3, 0.4) is 0 Å². The molecule has 0 unspecified atom stereocenters. The number of rotatable bonds is 3. The fourth-order valence-electron chi connectivity index (χ4n) is 5.02. The molecule has 0 radical (unpaired) electrons. The lowest BCUT2D eigenvalue weighted by molar-refractivity contribution is -0.106. The third-order valence-electron chi connectivity index (χ3n) is 6.16. The number of pyridine rings is 1. The van der Waals surface area contributed by atoms with Gasteiger partial charge in [-0.2, -0.15) is 0 Å². The second kappa shape index (κ2) is 6.33. The molecule has 1 saturated carbocycles. The minimum atomic E-state index is -1.20. The van der Waals surface area contributed by atoms with E-state index in [0.717, 1.165) is 22.0 Å². The molecule has 28 heavy (non-hydrogen) atoms. The van der Waals surface area contributed by atoms with E-state index < -0.39 is 11.2 Å². The average molecular weight is 438 g/mol. The molecule has 2 aromatic carbocycles. The van der Waals surface area contributed by atoms with E-state index in [1.165, 1.54) is 0 Å². The fourth-order valence-corrected chi connectivity index (χ4v) is 5.28. The van der Waals surface area contributed by atoms with Crippen LogP contribution >= 0.6 is 15.9 Å². The third kappa shape index (κ3) is 2.23. The first kappa shape index (κ1) is 17.7. The lowest BCUT2D eigenvalue weighted by Gasteiger charge is -2.40. The molecule has 5 heteroatoms. The summed E-state index contributed by atoms with van der Waals surface area (Å²) >= 11 is 3.52. The van der Waals surface area contributed by atoms with Crippen molar-refractivity contribution in [3.8, 4) is 11.5 Å². The normalized spacial score (nSPS) is 27.8. The van der Waals surface area contributed by atoms with E-state index in [4.69, 9.17) is 9.47 Å². The van der Waals surface area contributed by atoms with Crippen LogP contribution in [-0.2, 0) is 11.2 Å². The third-order valence-corrected chi connectivity index (χ3v) is 6.68. The second-order valence-corrected chi connectivity index (χ2v) is 8.34. The first-order chi connectivity index (χ1) is 13.6. The number of ether oxygens (including phenoxy) is 2. The molecule has 2 aliphatic rings. The molecule has 3 aromatic rings. The molecule has 1 fully saturated rings. The van der Waals surface area contributed by atoms with Crippen molar-refractivity contribution >= 4 is 15.9 Å². The maximum absolute atomic E-state index is 12.2. The monoisotopic (exact) mass is 437 g/mol. The largest absolute Gasteiger partial charge is 0.495 e. The van der Waals surface area contributed by atoms with Gasteiger partial charge in [0.2, 0.25) is 0 Å². The van der Waals surface area contributed by atoms with E-state index in [1.54, 1.807) is 19.5 Å². The standard InChI is InChI=1S/C23H20BrNO3/c1-27-19-13-25-14-20-21(19)22(26)12-11-18(15-5-3-2-4-6-15)23(22,28-20)16-7-9-17(24)10-8-16/h2-10,13-14,18,26H,11-12H2,1H3/t18-,22+,23-/m0/s1. The minimum absolute atomic E-state index is 0.00279. The highest BCUT2D eigenvalue weighted by Gasteiger charge is 2.69. The summed E-state index contributed by atoms with van der Waals surface area (Å²) in [6, 6.07) is 18.3. The number of methoxy groups -OCH3 is 1. The molecule has 0 amide bonds. The van der Waals surface area contributed by atoms with E-state index in [-0.39, 0.29) is 5.92 Å². The SMILES string of the molecule is COc1cncc2c1[C@]1(O)CC[C@@H](c3ccccc3)[C@]1(c1ccc(Br)cc1)O2. The number of hydrogen-bond donors (Lipinski definition) is 1. The quantitative estimate of drug-likeness (QED) is 0.632. The summed E-state index contributed by atoms with van der Waals surface area (Å²) in [7, 11) is 1.60. The van der Waals surface area contributed by atoms with Crippen LogP contribution in [0.1, 0.15) is 35.4 Å². The Bertz CT molecular complexity index is 1020. The van der Waals surface area contributed by atoms with E-state index in [9.17, 15) is 5.11 Å². The summed E-state index contributed by atoms with van der Waals surface area (Å²) in [4.78, 5) is 4.25. The number of halogens is 1. The van der Waals surface area contributed by atoms with Crippen molar-refractivity contribution in [3.05, 3.63) is 88.2 Å². The van der Waals surface area contributed by atoms with Gasteiger partial charge in [0.1, 0.15) is 17.1 Å². The molecule has 1 aromatic heterocycles. The van der Waals surface area contributed by atoms with Crippen molar-refractivity contribution in [2.45, 2.75) is 30.0 Å². The van der Waals surface area contributed by atoms with E-state index >= 15 is 0 Å². The number of aliphatic hydroxyl groups is 1. The molecule has 0 spiro atoms. The number of hydrogen-bond acceptors (Lipinski definition) is 4. The number of aromatic nitrogens is 1. The second-order valence-electron chi connectivity index (χ2n) is 7.42. The van der Waals surface area contributed by atoms with Gasteiger partial charge in [0.05, 0.1) is 25.1 Å². The lowest BCUT2D eigenvalue weighted by atomic mass is 9.72. The van der Waals surface area contributed by atoms with Gasteiger partial charge in [0.25, 0.3) is 0 Å². The fraction of sp³-hybridized carbons (Fsp3) is 0.261. The highest BCUT2D eigenvalue weighted by atomic mass is 79.9. The number of benzene rings is 2. The number of fused-ring (bicyclic) bond motifs is 3. The predicted octanol–water partition coefficient (Wildman–Crippen LogP) is 4.91. The summed E-state index contributed by atoms with van der Waals surface area (Å²) in [5.41, 5.74) is 0.661. The molecule has 0 bridgehead atoms. The Balaban J connectivity index is 1.78. The smallest absolute Gasteiger partial charge is 0.174 e. The Hall–Kier alpha value is -2.37. The molecule has 5 rings (SSSR count). The molecule has 1 N–H and O–H groups in total. The Morgan fingerprint density at radius 1 is 1.11 bits per heavy atom. The van der Waals surface area contributed by atoms with Crippen molar-refractivity contribution in [2.24, 2.45) is 0 Å². The first-order valence-corrected chi connectivity index (χ1v) is 10.1. The van der Waals surface area contributed by atoms with Crippen LogP contribution in [0.25, 0.3) is 0 Å². The Kier molecular flexibility index (Phi) is 4.00. The Labute approximate surface area is 172 Å². The van der Waals surface area contributed by atoms with Crippen LogP contribution in [-0.4, -0.2) is 17.2 Å². The summed E-state index contributed by atoms with van der Waals surface area (Å²) in [5, 5.41) is 12.2. The summed E-state index contributed by atoms with van der Waals surface area (Å²) in [6.45, 7) is 0. The van der Waals surface area contributed by atoms with Crippen molar-refractivity contribution < 1.29 is 14.6 Å². The van der Waals surface area contributed by atoms with Gasteiger partial charge in [-0.05, 0) is 36.1 Å². The highest BCUT2D eigenvalue weighted by molar-refractivity contribution is 9.10. The van der Waals surface area contributed by atoms with Gasteiger partial charge >= 0.3 is 0 Å². The molecule has 2 heterocycles. The molecule has 0 saturated heterocycles. The molecular weight excluding hydrogens is 418 g/mol. The average Bonchev–Trinajstić information content (AvgIpc) is 3.16. The lowest BCUT2D eigenvalue weighted by Crippen LogP contribution is -2.48. The van der Waals surface area contributed by atoms with Crippen LogP contribution in [0.4, 0.5) is 0 Å². The first-order valence-electron chi connectivity index (χ1n) is 9.35. The summed E-state index contributed by atoms with van der Waals surface area (Å²) in [5.74, 6) is 1.15. The van der Waals surface area contributed by atoms with E-state index in [1.807, 2.05) is 42.5 Å². The van der Waals surface area contributed by atoms with Crippen molar-refractivity contribution in [3.63, 3.8) is 0 Å². The predicted molar refractivity (Wildman–Crippen MR) is 110 cm³/mol. The Morgan fingerprint density at radius 3 is 2.57 bits per heavy atom. The molecule has 3 atom stereocenters. The van der Waals surface area contributed by atoms with E-state index in [2.05, 4.69) is 33.0 Å². The molecule has 1 aliphatic heterocycles. The molecule has 142 valence electrons. The minimum Gasteiger partial charge on any atom is -0.495 e. The van der Waals surface area contributed by atoms with Gasteiger partial charge in [0, 0.05) is 10.4 Å². The van der Waals surface area contributed by atoms with E-state index in [0.29, 0.717) is 23.5 Å². The molecule has 4 nitrogen and oxygen atoms in total. The van der Waals surface area contributed by atoms with Crippen molar-refractivity contribution in [1.29, 1.82) is 0 Å².